The third-order valence-electron chi connectivity index (χ3n) is 9.97. The molecule has 3 heterocycles. The van der Waals surface area contributed by atoms with E-state index in [-0.39, 0.29) is 69.3 Å². The Labute approximate surface area is 340 Å². The van der Waals surface area contributed by atoms with Crippen molar-refractivity contribution in [2.75, 3.05) is 39.2 Å². The van der Waals surface area contributed by atoms with Gasteiger partial charge in [0.15, 0.2) is 0 Å². The molecule has 1 fully saturated rings. The summed E-state index contributed by atoms with van der Waals surface area (Å²) in [6.45, 7) is 0.884. The Morgan fingerprint density at radius 1 is 1.05 bits per heavy atom. The average molecular weight is 842 g/mol. The second-order valence-electron chi connectivity index (χ2n) is 13.5. The lowest BCUT2D eigenvalue weighted by Gasteiger charge is -2.35. The van der Waals surface area contributed by atoms with Gasteiger partial charge in [0.25, 0.3) is 0 Å². The number of fused-ring (bicyclic) bond motifs is 1. The number of ether oxygens (including phenoxy) is 3. The molecule has 310 valence electrons. The van der Waals surface area contributed by atoms with Crippen LogP contribution in [0.5, 0.6) is 11.5 Å². The lowest BCUT2D eigenvalue weighted by molar-refractivity contribution is -0.169. The summed E-state index contributed by atoms with van der Waals surface area (Å²) < 4.78 is 16.9. The number of methoxy groups -OCH3 is 1. The van der Waals surface area contributed by atoms with Gasteiger partial charge in [-0.25, -0.2) is 9.59 Å². The second kappa shape index (κ2) is 20.3. The van der Waals surface area contributed by atoms with Gasteiger partial charge < -0.3 is 44.7 Å². The SMILES string of the molecule is COc1cc(NC(=O)OCCN(C)C2CCC(OC(=O)C(O)(c3cccs3)c3cccs3)CC2)c(C#N)cc1CNC[C@H](O)c1ccc(O)c2[nH]c(=O)ccc12.F.F. The van der Waals surface area contributed by atoms with Gasteiger partial charge in [-0.05, 0) is 79.4 Å². The highest BCUT2D eigenvalue weighted by Crippen LogP contribution is 2.38. The Balaban J connectivity index is 0.00000372. The van der Waals surface area contributed by atoms with E-state index < -0.39 is 23.8 Å². The molecule has 1 atom stereocenters. The van der Waals surface area contributed by atoms with Crippen molar-refractivity contribution in [3.8, 4) is 17.6 Å². The van der Waals surface area contributed by atoms with E-state index in [0.717, 1.165) is 12.8 Å². The number of nitrogens with zero attached hydrogens (tertiary/aromatic N) is 2. The van der Waals surface area contributed by atoms with E-state index in [1.54, 1.807) is 42.5 Å². The van der Waals surface area contributed by atoms with E-state index >= 15 is 0 Å². The molecule has 0 spiro atoms. The maximum atomic E-state index is 13.4. The molecule has 2 aromatic carbocycles. The fourth-order valence-corrected chi connectivity index (χ4v) is 8.61. The first kappa shape index (κ1) is 45.3. The number of aromatic hydroxyl groups is 1. The normalized spacial score (nSPS) is 15.7. The van der Waals surface area contributed by atoms with Crippen LogP contribution in [0.1, 0.15) is 58.2 Å². The van der Waals surface area contributed by atoms with E-state index in [2.05, 4.69) is 26.6 Å². The number of nitrogens with one attached hydrogen (secondary N) is 3. The molecule has 3 aromatic heterocycles. The molecule has 18 heteroatoms. The number of benzene rings is 2. The largest absolute Gasteiger partial charge is 0.506 e. The number of aromatic nitrogens is 1. The smallest absolute Gasteiger partial charge is 0.411 e. The summed E-state index contributed by atoms with van der Waals surface area (Å²) in [7, 11) is 3.42. The number of hydrogen-bond donors (Lipinski definition) is 6. The van der Waals surface area contributed by atoms with Gasteiger partial charge in [0.2, 0.25) is 11.2 Å². The van der Waals surface area contributed by atoms with Crippen LogP contribution in [0, 0.1) is 11.3 Å². The summed E-state index contributed by atoms with van der Waals surface area (Å²) in [6.07, 6.45) is 0.763. The summed E-state index contributed by atoms with van der Waals surface area (Å²) in [6, 6.07) is 18.3. The molecule has 1 aliphatic carbocycles. The molecule has 0 saturated heterocycles. The number of rotatable bonds is 15. The molecule has 5 aromatic rings. The van der Waals surface area contributed by atoms with Gasteiger partial charge in [-0.2, -0.15) is 5.26 Å². The lowest BCUT2D eigenvalue weighted by Crippen LogP contribution is -2.42. The molecule has 0 bridgehead atoms. The van der Waals surface area contributed by atoms with Crippen LogP contribution in [0.4, 0.5) is 19.9 Å². The Hall–Kier alpha value is -5.42. The van der Waals surface area contributed by atoms with Gasteiger partial charge in [0.1, 0.15) is 30.3 Å². The molecule has 58 heavy (non-hydrogen) atoms. The molecule has 0 unspecified atom stereocenters. The van der Waals surface area contributed by atoms with Gasteiger partial charge in [-0.1, -0.05) is 18.2 Å². The van der Waals surface area contributed by atoms with Crippen LogP contribution < -0.4 is 20.9 Å². The topological polar surface area (TPSA) is 206 Å². The van der Waals surface area contributed by atoms with Gasteiger partial charge >= 0.3 is 12.1 Å². The van der Waals surface area contributed by atoms with Crippen LogP contribution in [0.25, 0.3) is 10.9 Å². The Kier molecular flexibility index (Phi) is 15.9. The fourth-order valence-electron chi connectivity index (χ4n) is 6.89. The van der Waals surface area contributed by atoms with Crippen molar-refractivity contribution in [1.29, 1.82) is 5.26 Å². The van der Waals surface area contributed by atoms with Crippen molar-refractivity contribution in [3.63, 3.8) is 0 Å². The predicted molar refractivity (Wildman–Crippen MR) is 217 cm³/mol. The highest BCUT2D eigenvalue weighted by molar-refractivity contribution is 7.12. The number of esters is 1. The molecule has 0 aliphatic heterocycles. The van der Waals surface area contributed by atoms with Crippen LogP contribution in [0.3, 0.4) is 0 Å². The molecule has 1 saturated carbocycles. The summed E-state index contributed by atoms with van der Waals surface area (Å²) >= 11 is 2.62. The van der Waals surface area contributed by atoms with Crippen molar-refractivity contribution in [3.05, 3.63) is 108 Å². The monoisotopic (exact) mass is 841 g/mol. The van der Waals surface area contributed by atoms with Crippen molar-refractivity contribution >= 4 is 51.3 Å². The van der Waals surface area contributed by atoms with Crippen LogP contribution in [-0.2, 0) is 26.4 Å². The standard InChI is InChI=1S/C40H43N5O9S2.2FH/c1-45(26-7-9-27(10-8-26)54-38(49)40(51,34-5-3-17-55-34)35-6-4-18-56-35)15-16-53-39(50)43-30-20-33(52-2)25(19-24(30)21-41)22-42-23-32(47)28-11-13-31(46)37-29(28)12-14-36(48)44-37;;/h3-6,11-14,17-20,26-27,32,42,46-47,51H,7-10,15-16,22-23H2,1-2H3,(H,43,50)(H,44,48);2*1H/t26?,27?,32-;;/m0../s1. The van der Waals surface area contributed by atoms with Crippen molar-refractivity contribution < 1.29 is 48.5 Å². The molecule has 14 nitrogen and oxygen atoms in total. The van der Waals surface area contributed by atoms with Gasteiger partial charge in [-0.3, -0.25) is 19.5 Å². The minimum absolute atomic E-state index is 0. The number of aromatic amines is 1. The molecular formula is C40H45F2N5O9S2. The second-order valence-corrected chi connectivity index (χ2v) is 15.4. The van der Waals surface area contributed by atoms with E-state index in [9.17, 15) is 35.0 Å². The molecule has 1 amide bonds. The maximum absolute atomic E-state index is 13.4. The first-order valence-electron chi connectivity index (χ1n) is 18.0. The van der Waals surface area contributed by atoms with E-state index in [1.165, 1.54) is 48.0 Å². The quantitative estimate of drug-likeness (QED) is 0.0709. The van der Waals surface area contributed by atoms with Crippen LogP contribution in [0.2, 0.25) is 0 Å². The number of likely N-dealkylation sites (N-methyl/N-ethyl adjacent to an activating group) is 1. The number of phenols is 1. The number of amides is 1. The number of anilines is 1. The zero-order chi connectivity index (χ0) is 39.8. The minimum atomic E-state index is -1.84. The van der Waals surface area contributed by atoms with Crippen LogP contribution in [-0.4, -0.2) is 83.3 Å². The van der Waals surface area contributed by atoms with Crippen molar-refractivity contribution in [2.24, 2.45) is 0 Å². The molecule has 6 N–H and O–H groups in total. The number of nitriles is 1. The van der Waals surface area contributed by atoms with Crippen LogP contribution >= 0.6 is 22.7 Å². The van der Waals surface area contributed by atoms with Crippen LogP contribution in [0.15, 0.2) is 76.2 Å². The van der Waals surface area contributed by atoms with E-state index in [4.69, 9.17) is 14.2 Å². The highest BCUT2D eigenvalue weighted by atomic mass is 32.1. The Morgan fingerprint density at radius 2 is 1.74 bits per heavy atom. The third kappa shape index (κ3) is 10.2. The Bertz CT molecular complexity index is 2210. The number of aliphatic hydroxyl groups excluding tert-OH is 1. The number of carbonyl (C=O) groups excluding carboxylic acids is 2. The van der Waals surface area contributed by atoms with Gasteiger partial charge in [0.05, 0.1) is 39.7 Å². The van der Waals surface area contributed by atoms with Gasteiger partial charge in [0, 0.05) is 48.8 Å². The number of halogens is 2. The van der Waals surface area contributed by atoms with Crippen molar-refractivity contribution in [2.45, 2.75) is 56.1 Å². The number of thiophene rings is 2. The number of aliphatic hydroxyl groups is 2. The third-order valence-corrected chi connectivity index (χ3v) is 11.9. The van der Waals surface area contributed by atoms with Crippen molar-refractivity contribution in [1.82, 2.24) is 15.2 Å². The summed E-state index contributed by atoms with van der Waals surface area (Å²) in [5, 5.41) is 52.4. The zero-order valence-corrected chi connectivity index (χ0v) is 33.3. The molecular weight excluding hydrogens is 797 g/mol. The number of phenolic OH excluding ortho intramolecular Hbond substituents is 1. The predicted octanol–water partition coefficient (Wildman–Crippen LogP) is 5.64. The number of pyridine rings is 1. The fraction of sp³-hybridized carbons (Fsp3) is 0.350. The first-order chi connectivity index (χ1) is 27.0. The van der Waals surface area contributed by atoms with E-state index in [0.29, 0.717) is 51.4 Å². The summed E-state index contributed by atoms with van der Waals surface area (Å²) in [5.41, 5.74) is -0.451. The number of carbonyl (C=O) groups is 2. The molecule has 1 aliphatic rings. The van der Waals surface area contributed by atoms with Gasteiger partial charge in [-0.15, -0.1) is 22.7 Å². The van der Waals surface area contributed by atoms with E-state index in [1.807, 2.05) is 17.8 Å². The average Bonchev–Trinajstić information content (AvgIpc) is 3.95. The minimum Gasteiger partial charge on any atom is -0.506 e. The highest BCUT2D eigenvalue weighted by Gasteiger charge is 2.45. The number of hydrogen-bond acceptors (Lipinski definition) is 14. The Morgan fingerprint density at radius 3 is 2.36 bits per heavy atom. The summed E-state index contributed by atoms with van der Waals surface area (Å²) in [4.78, 5) is 43.6. The zero-order valence-electron chi connectivity index (χ0n) is 31.6. The summed E-state index contributed by atoms with van der Waals surface area (Å²) in [5.74, 6) is -0.371. The first-order valence-corrected chi connectivity index (χ1v) is 19.8. The maximum Gasteiger partial charge on any atom is 0.411 e. The molecule has 6 rings (SSSR count). The number of H-pyrrole nitrogens is 1. The molecule has 0 radical (unpaired) electrons. The lowest BCUT2D eigenvalue weighted by atomic mass is 9.91.